The third-order valence-electron chi connectivity index (χ3n) is 5.31. The Balaban J connectivity index is 1.72. The van der Waals surface area contributed by atoms with Crippen molar-refractivity contribution in [1.82, 2.24) is 20.0 Å². The van der Waals surface area contributed by atoms with Crippen LogP contribution in [0, 0.1) is 26.6 Å². The van der Waals surface area contributed by atoms with Crippen molar-refractivity contribution in [3.05, 3.63) is 64.7 Å². The van der Waals surface area contributed by atoms with Crippen molar-refractivity contribution in [2.75, 3.05) is 6.54 Å². The number of aromatic nitrogens is 3. The van der Waals surface area contributed by atoms with Crippen LogP contribution in [-0.4, -0.2) is 32.5 Å². The Morgan fingerprint density at radius 1 is 1.14 bits per heavy atom. The minimum atomic E-state index is -0.358. The van der Waals surface area contributed by atoms with Crippen molar-refractivity contribution in [3.8, 4) is 11.3 Å². The molecule has 1 aliphatic heterocycles. The molecule has 0 spiro atoms. The topological polar surface area (TPSA) is 72.1 Å². The summed E-state index contributed by atoms with van der Waals surface area (Å²) in [5.41, 5.74) is 3.68. The molecule has 0 saturated carbocycles. The fraction of sp³-hybridized carbons (Fsp3) is 0.364. The monoisotopic (exact) mass is 394 g/mol. The van der Waals surface area contributed by atoms with Crippen LogP contribution in [-0.2, 0) is 0 Å². The summed E-state index contributed by atoms with van der Waals surface area (Å²) in [6, 6.07) is 7.35. The van der Waals surface area contributed by atoms with Gasteiger partial charge in [0.15, 0.2) is 5.82 Å². The first kappa shape index (κ1) is 19.2. The number of benzene rings is 1. The third kappa shape index (κ3) is 3.77. The summed E-state index contributed by atoms with van der Waals surface area (Å²) in [6.45, 7) is 6.28. The van der Waals surface area contributed by atoms with E-state index in [2.05, 4.69) is 10.1 Å². The Kier molecular flexibility index (Phi) is 5.13. The Hall–Kier alpha value is -3.09. The highest BCUT2D eigenvalue weighted by Crippen LogP contribution is 2.33. The zero-order chi connectivity index (χ0) is 20.5. The number of carbonyl (C=O) groups is 1. The van der Waals surface area contributed by atoms with Gasteiger partial charge in [-0.25, -0.2) is 14.4 Å². The highest BCUT2D eigenvalue weighted by molar-refractivity contribution is 5.94. The molecule has 3 aromatic rings. The van der Waals surface area contributed by atoms with Crippen LogP contribution in [0.1, 0.15) is 58.6 Å². The minimum Gasteiger partial charge on any atom is -0.361 e. The van der Waals surface area contributed by atoms with Crippen LogP contribution < -0.4 is 0 Å². The maximum Gasteiger partial charge on any atom is 0.254 e. The molecule has 0 aliphatic carbocycles. The smallest absolute Gasteiger partial charge is 0.254 e. The van der Waals surface area contributed by atoms with Gasteiger partial charge in [0.25, 0.3) is 5.91 Å². The van der Waals surface area contributed by atoms with Gasteiger partial charge in [-0.1, -0.05) is 5.16 Å². The van der Waals surface area contributed by atoms with Gasteiger partial charge in [-0.15, -0.1) is 0 Å². The number of hydrogen-bond acceptors (Lipinski definition) is 5. The molecule has 1 aliphatic rings. The molecule has 6 nitrogen and oxygen atoms in total. The maximum atomic E-state index is 13.3. The molecule has 1 atom stereocenters. The summed E-state index contributed by atoms with van der Waals surface area (Å²) >= 11 is 0. The highest BCUT2D eigenvalue weighted by Gasteiger charge is 2.31. The second kappa shape index (κ2) is 7.73. The summed E-state index contributed by atoms with van der Waals surface area (Å²) in [5, 5.41) is 4.02. The lowest BCUT2D eigenvalue weighted by molar-refractivity contribution is 0.0599. The largest absolute Gasteiger partial charge is 0.361 e. The Bertz CT molecular complexity index is 1030. The van der Waals surface area contributed by atoms with Crippen molar-refractivity contribution >= 4 is 5.91 Å². The fourth-order valence-electron chi connectivity index (χ4n) is 3.92. The number of piperidine rings is 1. The van der Waals surface area contributed by atoms with E-state index in [0.717, 1.165) is 41.9 Å². The molecule has 0 N–H and O–H groups in total. The van der Waals surface area contributed by atoms with Crippen molar-refractivity contribution in [1.29, 1.82) is 0 Å². The van der Waals surface area contributed by atoms with Gasteiger partial charge in [-0.2, -0.15) is 0 Å². The highest BCUT2D eigenvalue weighted by atomic mass is 19.1. The van der Waals surface area contributed by atoms with E-state index in [0.29, 0.717) is 23.7 Å². The van der Waals surface area contributed by atoms with Gasteiger partial charge in [-0.3, -0.25) is 4.79 Å². The van der Waals surface area contributed by atoms with E-state index in [1.165, 1.54) is 24.3 Å². The molecule has 1 amide bonds. The molecule has 29 heavy (non-hydrogen) atoms. The van der Waals surface area contributed by atoms with Gasteiger partial charge >= 0.3 is 0 Å². The quantitative estimate of drug-likeness (QED) is 0.651. The first-order valence-corrected chi connectivity index (χ1v) is 9.79. The lowest BCUT2D eigenvalue weighted by Gasteiger charge is -2.35. The van der Waals surface area contributed by atoms with Gasteiger partial charge in [0.2, 0.25) is 0 Å². The molecule has 2 aromatic heterocycles. The first-order valence-electron chi connectivity index (χ1n) is 9.79. The lowest BCUT2D eigenvalue weighted by atomic mass is 9.99. The molecule has 0 unspecified atom stereocenters. The molecule has 1 saturated heterocycles. The van der Waals surface area contributed by atoms with E-state index in [-0.39, 0.29) is 17.8 Å². The average Bonchev–Trinajstić information content (AvgIpc) is 3.05. The van der Waals surface area contributed by atoms with Crippen LogP contribution >= 0.6 is 0 Å². The van der Waals surface area contributed by atoms with Gasteiger partial charge in [-0.05, 0) is 70.4 Å². The minimum absolute atomic E-state index is 0.126. The lowest BCUT2D eigenvalue weighted by Crippen LogP contribution is -2.39. The summed E-state index contributed by atoms with van der Waals surface area (Å²) in [6.07, 6.45) is 2.71. The zero-order valence-electron chi connectivity index (χ0n) is 16.8. The second-order valence-corrected chi connectivity index (χ2v) is 7.47. The number of hydrogen-bond donors (Lipinski definition) is 0. The van der Waals surface area contributed by atoms with E-state index in [9.17, 15) is 9.18 Å². The van der Waals surface area contributed by atoms with Crippen LogP contribution in [0.25, 0.3) is 11.3 Å². The Morgan fingerprint density at radius 2 is 1.90 bits per heavy atom. The zero-order valence-corrected chi connectivity index (χ0v) is 16.8. The normalized spacial score (nSPS) is 16.8. The van der Waals surface area contributed by atoms with Crippen LogP contribution in [0.15, 0.2) is 34.9 Å². The molecule has 1 aromatic carbocycles. The molecule has 150 valence electrons. The molecule has 7 heteroatoms. The second-order valence-electron chi connectivity index (χ2n) is 7.47. The standard InChI is InChI=1S/C22H23FN4O2/c1-13-12-18(20-14(2)26-29-15(20)3)25-21(24-13)19-6-4-5-11-27(19)22(28)16-7-9-17(23)10-8-16/h7-10,12,19H,4-6,11H2,1-3H3/t19-/m1/s1. The molecular weight excluding hydrogens is 371 g/mol. The van der Waals surface area contributed by atoms with Crippen molar-refractivity contribution in [2.24, 2.45) is 0 Å². The van der Waals surface area contributed by atoms with Gasteiger partial charge < -0.3 is 9.42 Å². The molecule has 0 radical (unpaired) electrons. The number of amides is 1. The van der Waals surface area contributed by atoms with Crippen LogP contribution in [0.2, 0.25) is 0 Å². The fourth-order valence-corrected chi connectivity index (χ4v) is 3.92. The molecule has 1 fully saturated rings. The predicted molar refractivity (Wildman–Crippen MR) is 106 cm³/mol. The predicted octanol–water partition coefficient (Wildman–Crippen LogP) is 4.56. The average molecular weight is 394 g/mol. The Morgan fingerprint density at radius 3 is 2.59 bits per heavy atom. The molecule has 3 heterocycles. The van der Waals surface area contributed by atoms with E-state index in [1.54, 1.807) is 0 Å². The van der Waals surface area contributed by atoms with Crippen LogP contribution in [0.5, 0.6) is 0 Å². The van der Waals surface area contributed by atoms with E-state index < -0.39 is 0 Å². The number of nitrogens with zero attached hydrogens (tertiary/aromatic N) is 4. The maximum absolute atomic E-state index is 13.3. The Labute approximate surface area is 168 Å². The van der Waals surface area contributed by atoms with Crippen molar-refractivity contribution < 1.29 is 13.7 Å². The summed E-state index contributed by atoms with van der Waals surface area (Å²) in [5.74, 6) is 0.839. The van der Waals surface area contributed by atoms with Gasteiger partial charge in [0.1, 0.15) is 11.6 Å². The van der Waals surface area contributed by atoms with E-state index in [1.807, 2.05) is 31.7 Å². The van der Waals surface area contributed by atoms with Crippen LogP contribution in [0.3, 0.4) is 0 Å². The number of aryl methyl sites for hydroxylation is 3. The van der Waals surface area contributed by atoms with Gasteiger partial charge in [0, 0.05) is 17.8 Å². The molecule has 4 rings (SSSR count). The van der Waals surface area contributed by atoms with Gasteiger partial charge in [0.05, 0.1) is 23.0 Å². The molecular formula is C22H23FN4O2. The molecule has 0 bridgehead atoms. The SMILES string of the molecule is Cc1cc(-c2c(C)noc2C)nc([C@H]2CCCCN2C(=O)c2ccc(F)cc2)n1. The van der Waals surface area contributed by atoms with Crippen LogP contribution in [0.4, 0.5) is 4.39 Å². The summed E-state index contributed by atoms with van der Waals surface area (Å²) < 4.78 is 18.6. The number of rotatable bonds is 3. The van der Waals surface area contributed by atoms with E-state index >= 15 is 0 Å². The van der Waals surface area contributed by atoms with E-state index in [4.69, 9.17) is 9.51 Å². The third-order valence-corrected chi connectivity index (χ3v) is 5.31. The van der Waals surface area contributed by atoms with Crippen molar-refractivity contribution in [3.63, 3.8) is 0 Å². The van der Waals surface area contributed by atoms with Crippen molar-refractivity contribution in [2.45, 2.75) is 46.1 Å². The number of halogens is 1. The summed E-state index contributed by atoms with van der Waals surface area (Å²) in [7, 11) is 0. The first-order chi connectivity index (χ1) is 13.9. The number of carbonyl (C=O) groups excluding carboxylic acids is 1. The number of likely N-dealkylation sites (tertiary alicyclic amines) is 1. The summed E-state index contributed by atoms with van der Waals surface area (Å²) in [4.78, 5) is 24.4.